The minimum Gasteiger partial charge on any atom is -0.334 e. The van der Waals surface area contributed by atoms with E-state index in [1.165, 1.54) is 57.9 Å². The Labute approximate surface area is 592 Å². The number of hydrogen-bond acceptors (Lipinski definition) is 14. The first-order chi connectivity index (χ1) is 48.0. The fourth-order valence-corrected chi connectivity index (χ4v) is 12.0. The zero-order valence-electron chi connectivity index (χ0n) is 59.9. The zero-order chi connectivity index (χ0) is 73.1. The number of amides is 9. The van der Waals surface area contributed by atoms with Crippen molar-refractivity contribution in [3.8, 4) is 0 Å². The smallest absolute Gasteiger partial charge is 0.243 e. The molecular weight excluding hydrogens is 1270 g/mol. The van der Waals surface area contributed by atoms with Gasteiger partial charge >= 0.3 is 0 Å². The fraction of sp³-hybridized carbons (Fsp3) is 0.481. The van der Waals surface area contributed by atoms with Crippen LogP contribution in [-0.4, -0.2) is 214 Å². The Balaban J connectivity index is 1.52. The third kappa shape index (κ3) is 25.9. The molecule has 100 heavy (non-hydrogen) atoms. The third-order valence-electron chi connectivity index (χ3n) is 18.3. The molecule has 0 radical (unpaired) electrons. The minimum absolute atomic E-state index is 0.0424. The Morgan fingerprint density at radius 1 is 0.260 bits per heavy atom. The van der Waals surface area contributed by atoms with E-state index in [0.717, 1.165) is 11.1 Å². The maximum atomic E-state index is 15.6. The average Bonchev–Trinajstić information content (AvgIpc) is 0.835. The van der Waals surface area contributed by atoms with E-state index >= 15 is 28.8 Å². The minimum atomic E-state index is -0.783. The molecule has 23 heteroatoms. The maximum Gasteiger partial charge on any atom is 0.243 e. The Morgan fingerprint density at radius 2 is 0.450 bits per heavy atom. The topological polar surface area (TPSA) is 304 Å². The second-order valence-electron chi connectivity index (χ2n) is 25.6. The van der Waals surface area contributed by atoms with Gasteiger partial charge in [-0.2, -0.15) is 0 Å². The van der Waals surface area contributed by atoms with Crippen LogP contribution in [0.4, 0.5) is 0 Å². The SMILES string of the molecule is CC(=O)CN(CCCCN)C(=O)CN(C(=O)CN(CCCCN)C(=O)CN(C(=O)CN(C(=O)CN(CCCCN)C(=O)CN(C(=O)CN(CCCCN)C(=O)CN(C(C)=O)[C@@H](C)c1ccccc1)[C@@H](C)c1ccccc1)[C@@H](C)c1ccccc1)[C@@H](C)c1ccccc1)[C@@H](C)c1ccccc1. The van der Waals surface area contributed by atoms with Crippen molar-refractivity contribution >= 4 is 58.9 Å². The Hall–Kier alpha value is -9.16. The van der Waals surface area contributed by atoms with E-state index < -0.39 is 123 Å². The number of hydrogen-bond donors (Lipinski definition) is 4. The summed E-state index contributed by atoms with van der Waals surface area (Å²) in [5.74, 6) is -5.03. The summed E-state index contributed by atoms with van der Waals surface area (Å²) >= 11 is 0. The Bertz CT molecular complexity index is 3360. The number of unbranched alkanes of at least 4 members (excludes halogenated alkanes) is 4. The van der Waals surface area contributed by atoms with Gasteiger partial charge in [0.1, 0.15) is 38.5 Å². The molecule has 0 spiro atoms. The van der Waals surface area contributed by atoms with E-state index in [4.69, 9.17) is 22.9 Å². The van der Waals surface area contributed by atoms with Crippen LogP contribution in [0, 0.1) is 0 Å². The van der Waals surface area contributed by atoms with Gasteiger partial charge in [0.2, 0.25) is 53.2 Å². The van der Waals surface area contributed by atoms with Crippen molar-refractivity contribution in [1.82, 2.24) is 44.1 Å². The molecule has 9 amide bonds. The summed E-state index contributed by atoms with van der Waals surface area (Å²) in [5, 5.41) is 0. The van der Waals surface area contributed by atoms with Crippen LogP contribution in [0.1, 0.15) is 158 Å². The lowest BCUT2D eigenvalue weighted by molar-refractivity contribution is -0.151. The van der Waals surface area contributed by atoms with Crippen LogP contribution in [0.15, 0.2) is 152 Å². The molecule has 0 unspecified atom stereocenters. The van der Waals surface area contributed by atoms with Crippen LogP contribution in [0.3, 0.4) is 0 Å². The lowest BCUT2D eigenvalue weighted by Gasteiger charge is -2.37. The van der Waals surface area contributed by atoms with E-state index in [0.29, 0.717) is 87.7 Å². The molecule has 0 saturated heterocycles. The summed E-state index contributed by atoms with van der Waals surface area (Å²) in [6.45, 7) is 9.59. The molecule has 0 aliphatic carbocycles. The number of carbonyl (C=O) groups is 10. The molecule has 5 aromatic rings. The molecule has 0 heterocycles. The zero-order valence-corrected chi connectivity index (χ0v) is 59.9. The highest BCUT2D eigenvalue weighted by atomic mass is 16.2. The van der Waals surface area contributed by atoms with Crippen LogP contribution in [0.5, 0.6) is 0 Å². The number of nitrogens with two attached hydrogens (primary N) is 4. The van der Waals surface area contributed by atoms with Gasteiger partial charge in [-0.15, -0.1) is 0 Å². The summed E-state index contributed by atoms with van der Waals surface area (Å²) in [4.78, 5) is 159. The summed E-state index contributed by atoms with van der Waals surface area (Å²) in [5.41, 5.74) is 27.3. The van der Waals surface area contributed by atoms with E-state index in [-0.39, 0.29) is 57.5 Å². The first kappa shape index (κ1) is 81.5. The molecule has 542 valence electrons. The molecule has 5 atom stereocenters. The van der Waals surface area contributed by atoms with Gasteiger partial charge in [-0.25, -0.2) is 0 Å². The van der Waals surface area contributed by atoms with Gasteiger partial charge in [0, 0.05) is 33.1 Å². The van der Waals surface area contributed by atoms with E-state index in [9.17, 15) is 19.2 Å². The summed E-state index contributed by atoms with van der Waals surface area (Å²) in [6, 6.07) is 42.4. The summed E-state index contributed by atoms with van der Waals surface area (Å²) in [6.07, 6.45) is 3.93. The number of rotatable bonds is 44. The van der Waals surface area contributed by atoms with Crippen LogP contribution in [-0.2, 0) is 47.9 Å². The van der Waals surface area contributed by atoms with E-state index in [1.807, 2.05) is 159 Å². The average molecular weight is 1380 g/mol. The molecule has 0 bridgehead atoms. The molecular formula is C77H109N13O10. The van der Waals surface area contributed by atoms with Gasteiger partial charge in [-0.05, 0) is 147 Å². The van der Waals surface area contributed by atoms with Crippen molar-refractivity contribution in [2.75, 3.05) is 111 Å². The molecule has 5 aromatic carbocycles. The van der Waals surface area contributed by atoms with Crippen molar-refractivity contribution in [3.63, 3.8) is 0 Å². The highest BCUT2D eigenvalue weighted by Crippen LogP contribution is 2.28. The van der Waals surface area contributed by atoms with E-state index in [1.54, 1.807) is 27.7 Å². The van der Waals surface area contributed by atoms with Crippen LogP contribution >= 0.6 is 0 Å². The molecule has 0 saturated carbocycles. The van der Waals surface area contributed by atoms with Gasteiger partial charge in [-0.1, -0.05) is 152 Å². The van der Waals surface area contributed by atoms with Crippen molar-refractivity contribution in [2.24, 2.45) is 22.9 Å². The summed E-state index contributed by atoms with van der Waals surface area (Å²) < 4.78 is 0. The lowest BCUT2D eigenvalue weighted by Crippen LogP contribution is -2.53. The highest BCUT2D eigenvalue weighted by molar-refractivity contribution is 5.94. The fourth-order valence-electron chi connectivity index (χ4n) is 12.0. The van der Waals surface area contributed by atoms with Crippen molar-refractivity contribution in [1.29, 1.82) is 0 Å². The molecule has 0 aliphatic rings. The van der Waals surface area contributed by atoms with Gasteiger partial charge in [0.15, 0.2) is 0 Å². The molecule has 0 aromatic heterocycles. The monoisotopic (exact) mass is 1380 g/mol. The molecule has 0 aliphatic heterocycles. The number of Topliss-reactive ketones (excluding diaryl/α,β-unsaturated/α-hetero) is 1. The van der Waals surface area contributed by atoms with Gasteiger partial charge in [-0.3, -0.25) is 47.9 Å². The predicted octanol–water partition coefficient (Wildman–Crippen LogP) is 6.81. The first-order valence-corrected chi connectivity index (χ1v) is 35.2. The van der Waals surface area contributed by atoms with Gasteiger partial charge in [0.25, 0.3) is 0 Å². The Morgan fingerprint density at radius 3 is 0.660 bits per heavy atom. The van der Waals surface area contributed by atoms with Gasteiger partial charge in [0.05, 0.1) is 56.4 Å². The number of nitrogens with zero attached hydrogens (tertiary/aromatic N) is 9. The standard InChI is InChI=1S/C77H109N13O10/c1-58(91)49-82(45-27-23-41-78)71(94)54-87(60(3)66-33-15-9-16-34-66)75(98)51-84(47-29-25-43-80)73(96)56-89(62(5)68-37-19-11-20-38-68)77(100)57-90(63(6)69-39-21-12-22-40-69)76(99)52-85(48-30-26-44-81)72(95)55-88(61(4)67-35-17-10-18-36-67)74(97)50-83(46-28-24-42-79)70(93)53-86(64(7)92)59(2)65-31-13-8-14-32-65/h8-22,31-40,59-63H,23-30,41-57,78-81H2,1-7H3/t59-,60-,61-,62-,63-/m0/s1. The quantitative estimate of drug-likeness (QED) is 0.0291. The number of benzene rings is 5. The second kappa shape index (κ2) is 43.4. The Kier molecular flexibility index (Phi) is 35.4. The van der Waals surface area contributed by atoms with Crippen LogP contribution in [0.25, 0.3) is 0 Å². The third-order valence-corrected chi connectivity index (χ3v) is 18.3. The summed E-state index contributed by atoms with van der Waals surface area (Å²) in [7, 11) is 0. The van der Waals surface area contributed by atoms with Gasteiger partial charge < -0.3 is 67.0 Å². The first-order valence-electron chi connectivity index (χ1n) is 35.2. The molecule has 0 fully saturated rings. The maximum absolute atomic E-state index is 15.6. The molecule has 8 N–H and O–H groups in total. The lowest BCUT2D eigenvalue weighted by atomic mass is 10.1. The van der Waals surface area contributed by atoms with Crippen molar-refractivity contribution in [2.45, 2.75) is 130 Å². The molecule has 5 rings (SSSR count). The van der Waals surface area contributed by atoms with E-state index in [2.05, 4.69) is 0 Å². The normalized spacial score (nSPS) is 12.6. The van der Waals surface area contributed by atoms with Crippen LogP contribution in [0.2, 0.25) is 0 Å². The number of ketones is 1. The van der Waals surface area contributed by atoms with Crippen molar-refractivity contribution in [3.05, 3.63) is 179 Å². The molecule has 23 nitrogen and oxygen atoms in total. The highest BCUT2D eigenvalue weighted by Gasteiger charge is 2.37. The predicted molar refractivity (Wildman–Crippen MR) is 389 cm³/mol. The number of carbonyl (C=O) groups excluding carboxylic acids is 10. The largest absolute Gasteiger partial charge is 0.334 e. The second-order valence-corrected chi connectivity index (χ2v) is 25.6. The van der Waals surface area contributed by atoms with Crippen LogP contribution < -0.4 is 22.9 Å². The van der Waals surface area contributed by atoms with Crippen molar-refractivity contribution < 1.29 is 47.9 Å².